The molecule has 0 radical (unpaired) electrons. The van der Waals surface area contributed by atoms with Crippen LogP contribution < -0.4 is 19.5 Å². The van der Waals surface area contributed by atoms with Crippen LogP contribution in [0.5, 0.6) is 17.2 Å². The van der Waals surface area contributed by atoms with E-state index in [1.54, 1.807) is 49.4 Å². The highest BCUT2D eigenvalue weighted by Gasteiger charge is 2.49. The minimum atomic E-state index is -1.36. The molecule has 36 heavy (non-hydrogen) atoms. The lowest BCUT2D eigenvalue weighted by Crippen LogP contribution is -2.45. The van der Waals surface area contributed by atoms with Crippen molar-refractivity contribution in [2.45, 2.75) is 19.0 Å². The fourth-order valence-electron chi connectivity index (χ4n) is 3.83. The maximum absolute atomic E-state index is 13.3. The van der Waals surface area contributed by atoms with Gasteiger partial charge in [0.15, 0.2) is 0 Å². The Morgan fingerprint density at radius 2 is 1.50 bits per heavy atom. The predicted molar refractivity (Wildman–Crippen MR) is 128 cm³/mol. The van der Waals surface area contributed by atoms with E-state index in [2.05, 4.69) is 5.32 Å². The molecule has 1 fully saturated rings. The molecule has 192 valence electrons. The monoisotopic (exact) mass is 499 g/mol. The van der Waals surface area contributed by atoms with E-state index >= 15 is 0 Å². The normalized spacial score (nSPS) is 16.9. The number of methoxy groups -OCH3 is 4. The molecule has 1 unspecified atom stereocenters. The summed E-state index contributed by atoms with van der Waals surface area (Å²) >= 11 is 0. The number of rotatable bonds is 10. The second kappa shape index (κ2) is 11.0. The minimum Gasteiger partial charge on any atom is -0.497 e. The molecule has 1 atom stereocenters. The van der Waals surface area contributed by atoms with E-state index in [-0.39, 0.29) is 13.1 Å². The first-order chi connectivity index (χ1) is 17.1. The van der Waals surface area contributed by atoms with Crippen molar-refractivity contribution < 1.29 is 38.1 Å². The molecule has 0 bridgehead atoms. The molecule has 2 aromatic carbocycles. The molecule has 1 N–H and O–H groups in total. The number of imide groups is 1. The SMILES string of the molecule is COC(=O)CN(Cc1cc(OC)cc(OC)c1)C(=O)CN1C(=O)NC(C)(c2ccc(OC)cc2)C1=O. The molecule has 2 aromatic rings. The van der Waals surface area contributed by atoms with E-state index in [0.29, 0.717) is 28.4 Å². The Bertz CT molecular complexity index is 1130. The number of carbonyl (C=O) groups is 4. The molecule has 4 amide bonds. The molecule has 1 heterocycles. The molecular formula is C25H29N3O8. The van der Waals surface area contributed by atoms with Gasteiger partial charge in [-0.25, -0.2) is 4.79 Å². The van der Waals surface area contributed by atoms with Gasteiger partial charge in [-0.3, -0.25) is 19.3 Å². The molecule has 0 spiro atoms. The summed E-state index contributed by atoms with van der Waals surface area (Å²) in [7, 11) is 5.71. The Labute approximate surface area is 208 Å². The number of nitrogens with one attached hydrogen (secondary N) is 1. The highest BCUT2D eigenvalue weighted by Crippen LogP contribution is 2.30. The number of hydrogen-bond acceptors (Lipinski definition) is 8. The van der Waals surface area contributed by atoms with E-state index in [4.69, 9.17) is 18.9 Å². The van der Waals surface area contributed by atoms with Crippen LogP contribution in [-0.4, -0.2) is 75.1 Å². The summed E-state index contributed by atoms with van der Waals surface area (Å²) in [5, 5.41) is 2.66. The number of hydrogen-bond donors (Lipinski definition) is 1. The first-order valence-electron chi connectivity index (χ1n) is 11.0. The van der Waals surface area contributed by atoms with Gasteiger partial charge in [-0.15, -0.1) is 0 Å². The molecule has 1 aliphatic heterocycles. The molecule has 3 rings (SSSR count). The smallest absolute Gasteiger partial charge is 0.325 e. The molecule has 11 nitrogen and oxygen atoms in total. The van der Waals surface area contributed by atoms with Gasteiger partial charge in [0, 0.05) is 12.6 Å². The van der Waals surface area contributed by atoms with Crippen LogP contribution in [0, 0.1) is 0 Å². The van der Waals surface area contributed by atoms with Gasteiger partial charge in [-0.05, 0) is 42.3 Å². The standard InChI is InChI=1S/C25H29N3O8/c1-25(17-6-8-18(33-2)9-7-17)23(31)28(24(32)26-25)14-21(29)27(15-22(30)36-5)13-16-10-19(34-3)12-20(11-16)35-4/h6-12H,13-15H2,1-5H3,(H,26,32). The van der Waals surface area contributed by atoms with Gasteiger partial charge in [0.2, 0.25) is 5.91 Å². The number of carbonyl (C=O) groups excluding carboxylic acids is 4. The van der Waals surface area contributed by atoms with Crippen molar-refractivity contribution in [1.29, 1.82) is 0 Å². The summed E-state index contributed by atoms with van der Waals surface area (Å²) < 4.78 is 20.4. The van der Waals surface area contributed by atoms with Crippen LogP contribution in [0.3, 0.4) is 0 Å². The molecule has 11 heteroatoms. The first kappa shape index (κ1) is 26.3. The zero-order valence-corrected chi connectivity index (χ0v) is 20.8. The lowest BCUT2D eigenvalue weighted by molar-refractivity contribution is -0.148. The predicted octanol–water partition coefficient (Wildman–Crippen LogP) is 1.68. The third-order valence-corrected chi connectivity index (χ3v) is 5.92. The van der Waals surface area contributed by atoms with Gasteiger partial charge in [-0.1, -0.05) is 12.1 Å². The van der Waals surface area contributed by atoms with Crippen LogP contribution in [-0.2, 0) is 31.2 Å². The molecule has 0 aromatic heterocycles. The van der Waals surface area contributed by atoms with E-state index in [1.807, 2.05) is 0 Å². The van der Waals surface area contributed by atoms with E-state index in [9.17, 15) is 19.2 Å². The minimum absolute atomic E-state index is 0.0130. The fraction of sp³-hybridized carbons (Fsp3) is 0.360. The third kappa shape index (κ3) is 5.51. The lowest BCUT2D eigenvalue weighted by Gasteiger charge is -2.25. The number of ether oxygens (including phenoxy) is 4. The van der Waals surface area contributed by atoms with E-state index in [0.717, 1.165) is 4.90 Å². The van der Waals surface area contributed by atoms with Crippen molar-refractivity contribution in [3.05, 3.63) is 53.6 Å². The maximum atomic E-state index is 13.3. The van der Waals surface area contributed by atoms with Crippen LogP contribution in [0.15, 0.2) is 42.5 Å². The van der Waals surface area contributed by atoms with Crippen molar-refractivity contribution in [2.75, 3.05) is 41.5 Å². The molecular weight excluding hydrogens is 470 g/mol. The maximum Gasteiger partial charge on any atom is 0.325 e. The van der Waals surface area contributed by atoms with Crippen LogP contribution in [0.25, 0.3) is 0 Å². The second-order valence-corrected chi connectivity index (χ2v) is 8.22. The Morgan fingerprint density at radius 1 is 0.917 bits per heavy atom. The first-order valence-corrected chi connectivity index (χ1v) is 11.0. The second-order valence-electron chi connectivity index (χ2n) is 8.22. The highest BCUT2D eigenvalue weighted by molar-refractivity contribution is 6.09. The summed E-state index contributed by atoms with van der Waals surface area (Å²) in [6.45, 7) is 0.609. The number of amides is 4. The number of urea groups is 1. The number of benzene rings is 2. The van der Waals surface area contributed by atoms with Gasteiger partial charge >= 0.3 is 12.0 Å². The van der Waals surface area contributed by atoms with E-state index in [1.165, 1.54) is 33.3 Å². The number of nitrogens with zero attached hydrogens (tertiary/aromatic N) is 2. The van der Waals surface area contributed by atoms with Crippen molar-refractivity contribution in [3.8, 4) is 17.2 Å². The van der Waals surface area contributed by atoms with Crippen molar-refractivity contribution in [1.82, 2.24) is 15.1 Å². The van der Waals surface area contributed by atoms with Gasteiger partial charge in [-0.2, -0.15) is 0 Å². The summed E-state index contributed by atoms with van der Waals surface area (Å²) in [6, 6.07) is 11.0. The summed E-state index contributed by atoms with van der Waals surface area (Å²) in [5.74, 6) is -0.271. The topological polar surface area (TPSA) is 124 Å². The van der Waals surface area contributed by atoms with Crippen LogP contribution in [0.2, 0.25) is 0 Å². The Balaban J connectivity index is 1.82. The lowest BCUT2D eigenvalue weighted by atomic mass is 9.92. The van der Waals surface area contributed by atoms with Crippen molar-refractivity contribution in [3.63, 3.8) is 0 Å². The van der Waals surface area contributed by atoms with Crippen LogP contribution in [0.1, 0.15) is 18.1 Å². The van der Waals surface area contributed by atoms with Gasteiger partial charge < -0.3 is 29.2 Å². The molecule has 0 saturated carbocycles. The number of esters is 1. The van der Waals surface area contributed by atoms with Crippen LogP contribution in [0.4, 0.5) is 4.79 Å². The van der Waals surface area contributed by atoms with Gasteiger partial charge in [0.05, 0.1) is 28.4 Å². The largest absolute Gasteiger partial charge is 0.497 e. The summed E-state index contributed by atoms with van der Waals surface area (Å²) in [5.41, 5.74) is -0.216. The quantitative estimate of drug-likeness (QED) is 0.387. The average molecular weight is 500 g/mol. The molecule has 1 aliphatic rings. The zero-order valence-electron chi connectivity index (χ0n) is 20.8. The van der Waals surface area contributed by atoms with Crippen LogP contribution >= 0.6 is 0 Å². The Kier molecular flexibility index (Phi) is 8.03. The van der Waals surface area contributed by atoms with Crippen molar-refractivity contribution in [2.24, 2.45) is 0 Å². The molecule has 1 saturated heterocycles. The Morgan fingerprint density at radius 3 is 2.03 bits per heavy atom. The average Bonchev–Trinajstić information content (AvgIpc) is 3.11. The summed E-state index contributed by atoms with van der Waals surface area (Å²) in [6.07, 6.45) is 0. The van der Waals surface area contributed by atoms with E-state index < -0.39 is 35.9 Å². The summed E-state index contributed by atoms with van der Waals surface area (Å²) in [4.78, 5) is 53.3. The van der Waals surface area contributed by atoms with Crippen molar-refractivity contribution >= 4 is 23.8 Å². The van der Waals surface area contributed by atoms with Gasteiger partial charge in [0.1, 0.15) is 35.9 Å². The zero-order chi connectivity index (χ0) is 26.5. The molecule has 0 aliphatic carbocycles. The fourth-order valence-corrected chi connectivity index (χ4v) is 3.83. The third-order valence-electron chi connectivity index (χ3n) is 5.92. The van der Waals surface area contributed by atoms with Gasteiger partial charge in [0.25, 0.3) is 5.91 Å². The Hall–Kier alpha value is -4.28. The highest BCUT2D eigenvalue weighted by atomic mass is 16.5.